The van der Waals surface area contributed by atoms with Gasteiger partial charge in [0.2, 0.25) is 10.0 Å². The zero-order valence-electron chi connectivity index (χ0n) is 18.6. The van der Waals surface area contributed by atoms with Gasteiger partial charge in [0.1, 0.15) is 11.4 Å². The van der Waals surface area contributed by atoms with Gasteiger partial charge in [-0.15, -0.1) is 0 Å². The minimum atomic E-state index is -3.83. The Morgan fingerprint density at radius 3 is 2.52 bits per heavy atom. The van der Waals surface area contributed by atoms with E-state index in [9.17, 15) is 17.6 Å². The van der Waals surface area contributed by atoms with Crippen molar-refractivity contribution in [2.45, 2.75) is 56.6 Å². The second-order valence-corrected chi connectivity index (χ2v) is 10.9. The summed E-state index contributed by atoms with van der Waals surface area (Å²) in [6.45, 7) is 8.78. The molecule has 3 rings (SSSR count). The Morgan fingerprint density at radius 1 is 1.23 bits per heavy atom. The van der Waals surface area contributed by atoms with Gasteiger partial charge in [0.25, 0.3) is 0 Å². The van der Waals surface area contributed by atoms with E-state index in [1.165, 1.54) is 16.4 Å². The molecule has 0 saturated carbocycles. The van der Waals surface area contributed by atoms with Crippen molar-refractivity contribution < 1.29 is 27.1 Å². The summed E-state index contributed by atoms with van der Waals surface area (Å²) in [5, 5.41) is 0. The first-order valence-corrected chi connectivity index (χ1v) is 11.9. The molecule has 1 amide bonds. The Morgan fingerprint density at radius 2 is 1.90 bits per heavy atom. The van der Waals surface area contributed by atoms with E-state index in [1.807, 2.05) is 20.8 Å². The smallest absolute Gasteiger partial charge is 0.410 e. The van der Waals surface area contributed by atoms with Crippen molar-refractivity contribution in [1.82, 2.24) is 9.21 Å². The molecular formula is C22H31FN2O5S. The molecule has 0 bridgehead atoms. The highest BCUT2D eigenvalue weighted by molar-refractivity contribution is 7.89. The highest BCUT2D eigenvalue weighted by atomic mass is 32.2. The monoisotopic (exact) mass is 454 g/mol. The van der Waals surface area contributed by atoms with Crippen LogP contribution in [-0.2, 0) is 19.5 Å². The number of benzene rings is 1. The zero-order valence-corrected chi connectivity index (χ0v) is 19.4. The normalized spacial score (nSPS) is 20.4. The number of allylic oxidation sites excluding steroid dienone is 1. The molecule has 2 heterocycles. The van der Waals surface area contributed by atoms with Gasteiger partial charge in [0.05, 0.1) is 17.1 Å². The predicted molar refractivity (Wildman–Crippen MR) is 116 cm³/mol. The molecule has 2 aliphatic rings. The van der Waals surface area contributed by atoms with Gasteiger partial charge in [-0.3, -0.25) is 0 Å². The molecule has 0 N–H and O–H groups in total. The number of hydrogen-bond donors (Lipinski definition) is 0. The number of amides is 1. The molecule has 31 heavy (non-hydrogen) atoms. The van der Waals surface area contributed by atoms with Crippen molar-refractivity contribution >= 4 is 22.2 Å². The first-order valence-electron chi connectivity index (χ1n) is 10.5. The Balaban J connectivity index is 1.75. The van der Waals surface area contributed by atoms with Crippen molar-refractivity contribution in [2.75, 3.05) is 32.8 Å². The fourth-order valence-electron chi connectivity index (χ4n) is 3.94. The van der Waals surface area contributed by atoms with E-state index < -0.39 is 27.0 Å². The number of sulfonamides is 1. The number of rotatable bonds is 3. The number of morpholine rings is 1. The summed E-state index contributed by atoms with van der Waals surface area (Å²) in [6, 6.07) is 3.70. The minimum Gasteiger partial charge on any atom is -0.444 e. The molecule has 9 heteroatoms. The van der Waals surface area contributed by atoms with Crippen LogP contribution < -0.4 is 0 Å². The highest BCUT2D eigenvalue weighted by Crippen LogP contribution is 2.34. The number of nitrogens with zero attached hydrogens (tertiary/aromatic N) is 2. The van der Waals surface area contributed by atoms with Gasteiger partial charge in [0, 0.05) is 26.2 Å². The number of halogens is 1. The molecule has 2 aliphatic heterocycles. The fourth-order valence-corrected chi connectivity index (χ4v) is 5.61. The van der Waals surface area contributed by atoms with Crippen molar-refractivity contribution in [1.29, 1.82) is 0 Å². The number of ether oxygens (including phenoxy) is 2. The molecule has 0 unspecified atom stereocenters. The number of piperidine rings is 1. The first-order chi connectivity index (χ1) is 14.5. The van der Waals surface area contributed by atoms with Gasteiger partial charge in [-0.25, -0.2) is 17.6 Å². The summed E-state index contributed by atoms with van der Waals surface area (Å²) < 4.78 is 53.3. The maximum atomic E-state index is 13.7. The van der Waals surface area contributed by atoms with Crippen LogP contribution in [0.2, 0.25) is 0 Å². The van der Waals surface area contributed by atoms with E-state index in [0.717, 1.165) is 6.07 Å². The average Bonchev–Trinajstić information content (AvgIpc) is 2.67. The van der Waals surface area contributed by atoms with E-state index >= 15 is 0 Å². The second kappa shape index (κ2) is 8.88. The van der Waals surface area contributed by atoms with Crippen LogP contribution in [-0.4, -0.2) is 67.7 Å². The Bertz CT molecular complexity index is 947. The zero-order chi connectivity index (χ0) is 22.9. The van der Waals surface area contributed by atoms with Gasteiger partial charge < -0.3 is 14.4 Å². The Kier molecular flexibility index (Phi) is 6.78. The summed E-state index contributed by atoms with van der Waals surface area (Å²) in [6.07, 6.45) is 3.93. The van der Waals surface area contributed by atoms with Crippen molar-refractivity contribution in [3.05, 3.63) is 35.7 Å². The SMILES string of the molecule is C/C=C/c1cc(F)ccc1S(=O)(=O)N1CCOC2(CCN(C(=O)OC(C)(C)C)CC2)C1. The van der Waals surface area contributed by atoms with Gasteiger partial charge >= 0.3 is 6.09 Å². The molecule has 1 aromatic rings. The summed E-state index contributed by atoms with van der Waals surface area (Å²) in [5.74, 6) is -0.486. The third-order valence-corrected chi connectivity index (χ3v) is 7.39. The lowest BCUT2D eigenvalue weighted by atomic mass is 9.90. The van der Waals surface area contributed by atoms with Crippen LogP contribution in [0.3, 0.4) is 0 Å². The van der Waals surface area contributed by atoms with Crippen molar-refractivity contribution in [3.8, 4) is 0 Å². The van der Waals surface area contributed by atoms with E-state index in [-0.39, 0.29) is 30.7 Å². The molecule has 0 aromatic heterocycles. The van der Waals surface area contributed by atoms with Gasteiger partial charge in [-0.05, 0) is 64.3 Å². The van der Waals surface area contributed by atoms with E-state index in [2.05, 4.69) is 0 Å². The fraction of sp³-hybridized carbons (Fsp3) is 0.591. The standard InChI is InChI=1S/C22H31FN2O5S/c1-5-6-17-15-18(23)7-8-19(17)31(27,28)25-13-14-29-22(16-25)9-11-24(12-10-22)20(26)30-21(2,3)4/h5-8,15H,9-14,16H2,1-4H3/b6-5+. The summed E-state index contributed by atoms with van der Waals surface area (Å²) in [7, 11) is -3.83. The van der Waals surface area contributed by atoms with Crippen molar-refractivity contribution in [2.24, 2.45) is 0 Å². The van der Waals surface area contributed by atoms with Crippen LogP contribution in [0.1, 0.15) is 46.1 Å². The maximum absolute atomic E-state index is 13.7. The van der Waals surface area contributed by atoms with Crippen LogP contribution in [0.4, 0.5) is 9.18 Å². The van der Waals surface area contributed by atoms with Crippen molar-refractivity contribution in [3.63, 3.8) is 0 Å². The largest absolute Gasteiger partial charge is 0.444 e. The lowest BCUT2D eigenvalue weighted by molar-refractivity contribution is -0.118. The van der Waals surface area contributed by atoms with E-state index in [0.29, 0.717) is 31.5 Å². The lowest BCUT2D eigenvalue weighted by Crippen LogP contribution is -2.58. The second-order valence-electron chi connectivity index (χ2n) is 9.02. The highest BCUT2D eigenvalue weighted by Gasteiger charge is 2.44. The molecule has 0 radical (unpaired) electrons. The summed E-state index contributed by atoms with van der Waals surface area (Å²) >= 11 is 0. The number of carbonyl (C=O) groups is 1. The lowest BCUT2D eigenvalue weighted by Gasteiger charge is -2.46. The quantitative estimate of drug-likeness (QED) is 0.697. The molecule has 2 fully saturated rings. The average molecular weight is 455 g/mol. The van der Waals surface area contributed by atoms with Crippen LogP contribution in [0.5, 0.6) is 0 Å². The number of likely N-dealkylation sites (tertiary alicyclic amines) is 1. The predicted octanol–water partition coefficient (Wildman–Crippen LogP) is 3.65. The molecule has 2 saturated heterocycles. The third-order valence-electron chi connectivity index (χ3n) is 5.48. The van der Waals surface area contributed by atoms with Crippen LogP contribution >= 0.6 is 0 Å². The molecule has 172 valence electrons. The summed E-state index contributed by atoms with van der Waals surface area (Å²) in [5.41, 5.74) is -0.897. The number of carbonyl (C=O) groups excluding carboxylic acids is 1. The van der Waals surface area contributed by atoms with E-state index in [4.69, 9.17) is 9.47 Å². The minimum absolute atomic E-state index is 0.0789. The van der Waals surface area contributed by atoms with Crippen LogP contribution in [0, 0.1) is 5.82 Å². The van der Waals surface area contributed by atoms with Gasteiger partial charge in [-0.1, -0.05) is 12.2 Å². The topological polar surface area (TPSA) is 76.2 Å². The van der Waals surface area contributed by atoms with Crippen LogP contribution in [0.15, 0.2) is 29.2 Å². The van der Waals surface area contributed by atoms with E-state index in [1.54, 1.807) is 24.0 Å². The molecular weight excluding hydrogens is 423 g/mol. The molecule has 1 aromatic carbocycles. The molecule has 7 nitrogen and oxygen atoms in total. The molecule has 0 atom stereocenters. The maximum Gasteiger partial charge on any atom is 0.410 e. The first kappa shape index (κ1) is 23.7. The number of hydrogen-bond acceptors (Lipinski definition) is 5. The summed E-state index contributed by atoms with van der Waals surface area (Å²) in [4.78, 5) is 14.1. The Labute approximate surface area is 183 Å². The van der Waals surface area contributed by atoms with Gasteiger partial charge in [0.15, 0.2) is 0 Å². The Hall–Kier alpha value is -1.97. The third kappa shape index (κ3) is 5.45. The van der Waals surface area contributed by atoms with Crippen LogP contribution in [0.25, 0.3) is 6.08 Å². The van der Waals surface area contributed by atoms with Gasteiger partial charge in [-0.2, -0.15) is 4.31 Å². The molecule has 1 spiro atoms. The molecule has 0 aliphatic carbocycles.